The molecule has 1 aromatic carbocycles. The summed E-state index contributed by atoms with van der Waals surface area (Å²) in [5, 5.41) is 8.91. The highest BCUT2D eigenvalue weighted by atomic mass is 16.4. The molecule has 1 fully saturated rings. The summed E-state index contributed by atoms with van der Waals surface area (Å²) in [4.78, 5) is 13.3. The molecule has 0 bridgehead atoms. The molecule has 1 N–H and O–H groups in total. The van der Waals surface area contributed by atoms with Crippen molar-refractivity contribution in [2.45, 2.75) is 51.6 Å². The summed E-state index contributed by atoms with van der Waals surface area (Å²) in [6.07, 6.45) is 6.58. The van der Waals surface area contributed by atoms with Crippen LogP contribution in [0.2, 0.25) is 0 Å². The molecule has 1 aromatic rings. The van der Waals surface area contributed by atoms with E-state index >= 15 is 0 Å². The van der Waals surface area contributed by atoms with Gasteiger partial charge < -0.3 is 5.11 Å². The van der Waals surface area contributed by atoms with E-state index in [1.165, 1.54) is 37.7 Å². The maximum absolute atomic E-state index is 10.8. The second-order valence-electron chi connectivity index (χ2n) is 6.18. The summed E-state index contributed by atoms with van der Waals surface area (Å²) in [7, 11) is 2.19. The molecule has 0 aromatic heterocycles. The molecule has 3 heteroatoms. The van der Waals surface area contributed by atoms with Crippen molar-refractivity contribution < 1.29 is 9.90 Å². The Balaban J connectivity index is 1.93. The molecule has 1 saturated carbocycles. The summed E-state index contributed by atoms with van der Waals surface area (Å²) in [5.41, 5.74) is 1.55. The second-order valence-corrected chi connectivity index (χ2v) is 6.18. The number of rotatable bonds is 4. The van der Waals surface area contributed by atoms with E-state index in [0.29, 0.717) is 11.6 Å². The number of carboxylic acid groups (broad SMARTS) is 1. The van der Waals surface area contributed by atoms with Gasteiger partial charge in [-0.15, -0.1) is 0 Å². The molecule has 2 unspecified atom stereocenters. The Kier molecular flexibility index (Phi) is 5.18. The fourth-order valence-corrected chi connectivity index (χ4v) is 3.08. The molecule has 3 nitrogen and oxygen atoms in total. The smallest absolute Gasteiger partial charge is 0.335 e. The van der Waals surface area contributed by atoms with Crippen LogP contribution in [0.25, 0.3) is 0 Å². The highest BCUT2D eigenvalue weighted by molar-refractivity contribution is 5.87. The molecule has 2 rings (SSSR count). The Bertz CT molecular complexity index is 441. The molecular formula is C17H25NO2. The number of carboxylic acids is 1. The van der Waals surface area contributed by atoms with Gasteiger partial charge in [0.25, 0.3) is 0 Å². The molecule has 0 saturated heterocycles. The standard InChI is InChI=1S/C17H25NO2/c1-13-4-3-5-16(11-6-13)18(2)12-14-7-9-15(10-8-14)17(19)20/h7-10,13,16H,3-6,11-12H2,1-2H3,(H,19,20). The topological polar surface area (TPSA) is 40.5 Å². The third kappa shape index (κ3) is 4.07. The zero-order chi connectivity index (χ0) is 14.5. The van der Waals surface area contributed by atoms with Crippen LogP contribution in [-0.4, -0.2) is 29.1 Å². The zero-order valence-electron chi connectivity index (χ0n) is 12.5. The molecule has 0 heterocycles. The molecule has 2 atom stereocenters. The molecule has 0 amide bonds. The lowest BCUT2D eigenvalue weighted by molar-refractivity contribution is 0.0697. The van der Waals surface area contributed by atoms with Crippen LogP contribution >= 0.6 is 0 Å². The van der Waals surface area contributed by atoms with Gasteiger partial charge in [0, 0.05) is 12.6 Å². The summed E-state index contributed by atoms with van der Waals surface area (Å²) >= 11 is 0. The van der Waals surface area contributed by atoms with Gasteiger partial charge in [-0.3, -0.25) is 4.90 Å². The number of aromatic carboxylic acids is 1. The van der Waals surface area contributed by atoms with E-state index in [0.717, 1.165) is 12.5 Å². The molecule has 0 radical (unpaired) electrons. The van der Waals surface area contributed by atoms with Crippen LogP contribution in [0.1, 0.15) is 54.9 Å². The first-order valence-corrected chi connectivity index (χ1v) is 7.58. The van der Waals surface area contributed by atoms with Crippen molar-refractivity contribution in [3.05, 3.63) is 35.4 Å². The lowest BCUT2D eigenvalue weighted by Gasteiger charge is -2.27. The predicted octanol–water partition coefficient (Wildman–Crippen LogP) is 3.79. The fourth-order valence-electron chi connectivity index (χ4n) is 3.08. The summed E-state index contributed by atoms with van der Waals surface area (Å²) in [6, 6.07) is 7.92. The minimum atomic E-state index is -0.859. The lowest BCUT2D eigenvalue weighted by atomic mass is 10.0. The van der Waals surface area contributed by atoms with Gasteiger partial charge in [-0.05, 0) is 49.9 Å². The van der Waals surface area contributed by atoms with Gasteiger partial charge in [-0.1, -0.05) is 31.9 Å². The van der Waals surface area contributed by atoms with E-state index < -0.39 is 5.97 Å². The van der Waals surface area contributed by atoms with Crippen LogP contribution in [-0.2, 0) is 6.54 Å². The van der Waals surface area contributed by atoms with Gasteiger partial charge in [0.15, 0.2) is 0 Å². The average molecular weight is 275 g/mol. The van der Waals surface area contributed by atoms with Crippen molar-refractivity contribution in [1.29, 1.82) is 0 Å². The van der Waals surface area contributed by atoms with E-state index in [1.54, 1.807) is 12.1 Å². The van der Waals surface area contributed by atoms with Crippen molar-refractivity contribution in [3.8, 4) is 0 Å². The minimum absolute atomic E-state index is 0.361. The maximum Gasteiger partial charge on any atom is 0.335 e. The van der Waals surface area contributed by atoms with E-state index in [2.05, 4.69) is 18.9 Å². The number of carbonyl (C=O) groups is 1. The fraction of sp³-hybridized carbons (Fsp3) is 0.588. The zero-order valence-corrected chi connectivity index (χ0v) is 12.5. The largest absolute Gasteiger partial charge is 0.478 e. The third-order valence-corrected chi connectivity index (χ3v) is 4.48. The molecule has 110 valence electrons. The van der Waals surface area contributed by atoms with Gasteiger partial charge in [0.1, 0.15) is 0 Å². The molecular weight excluding hydrogens is 250 g/mol. The maximum atomic E-state index is 10.8. The molecule has 20 heavy (non-hydrogen) atoms. The van der Waals surface area contributed by atoms with Crippen molar-refractivity contribution in [1.82, 2.24) is 4.90 Å². The van der Waals surface area contributed by atoms with E-state index in [-0.39, 0.29) is 0 Å². The molecule has 0 aliphatic heterocycles. The van der Waals surface area contributed by atoms with Crippen LogP contribution in [0.3, 0.4) is 0 Å². The highest BCUT2D eigenvalue weighted by Gasteiger charge is 2.19. The van der Waals surface area contributed by atoms with Crippen molar-refractivity contribution in [3.63, 3.8) is 0 Å². The van der Waals surface area contributed by atoms with Gasteiger partial charge in [-0.25, -0.2) is 4.79 Å². The normalized spacial score (nSPS) is 23.6. The third-order valence-electron chi connectivity index (χ3n) is 4.48. The van der Waals surface area contributed by atoms with E-state index in [1.807, 2.05) is 12.1 Å². The minimum Gasteiger partial charge on any atom is -0.478 e. The average Bonchev–Trinajstić information content (AvgIpc) is 2.64. The van der Waals surface area contributed by atoms with E-state index in [4.69, 9.17) is 5.11 Å². The summed E-state index contributed by atoms with van der Waals surface area (Å²) < 4.78 is 0. The SMILES string of the molecule is CC1CCCC(N(C)Cc2ccc(C(=O)O)cc2)CC1. The van der Waals surface area contributed by atoms with Crippen molar-refractivity contribution in [2.24, 2.45) is 5.92 Å². The van der Waals surface area contributed by atoms with E-state index in [9.17, 15) is 4.79 Å². The van der Waals surface area contributed by atoms with Crippen LogP contribution in [0.15, 0.2) is 24.3 Å². The Morgan fingerprint density at radius 1 is 1.20 bits per heavy atom. The molecule has 0 spiro atoms. The van der Waals surface area contributed by atoms with Crippen molar-refractivity contribution >= 4 is 5.97 Å². The highest BCUT2D eigenvalue weighted by Crippen LogP contribution is 2.26. The first-order chi connectivity index (χ1) is 9.56. The van der Waals surface area contributed by atoms with Crippen LogP contribution in [0.5, 0.6) is 0 Å². The second kappa shape index (κ2) is 6.89. The van der Waals surface area contributed by atoms with Crippen molar-refractivity contribution in [2.75, 3.05) is 7.05 Å². The summed E-state index contributed by atoms with van der Waals surface area (Å²) in [5.74, 6) is 0.00547. The monoisotopic (exact) mass is 275 g/mol. The Labute approximate surface area is 121 Å². The predicted molar refractivity (Wildman–Crippen MR) is 80.9 cm³/mol. The number of hydrogen-bond acceptors (Lipinski definition) is 2. The van der Waals surface area contributed by atoms with Crippen LogP contribution < -0.4 is 0 Å². The van der Waals surface area contributed by atoms with Crippen LogP contribution in [0, 0.1) is 5.92 Å². The van der Waals surface area contributed by atoms with Gasteiger partial charge >= 0.3 is 5.97 Å². The Morgan fingerprint density at radius 2 is 1.90 bits per heavy atom. The van der Waals surface area contributed by atoms with Gasteiger partial charge in [-0.2, -0.15) is 0 Å². The number of benzene rings is 1. The number of hydrogen-bond donors (Lipinski definition) is 1. The quantitative estimate of drug-likeness (QED) is 0.850. The summed E-state index contributed by atoms with van der Waals surface area (Å²) in [6.45, 7) is 3.26. The van der Waals surface area contributed by atoms with Crippen LogP contribution in [0.4, 0.5) is 0 Å². The Hall–Kier alpha value is -1.35. The first kappa shape index (κ1) is 15.0. The Morgan fingerprint density at radius 3 is 2.55 bits per heavy atom. The van der Waals surface area contributed by atoms with Gasteiger partial charge in [0.05, 0.1) is 5.56 Å². The molecule has 1 aliphatic carbocycles. The van der Waals surface area contributed by atoms with Gasteiger partial charge in [0.2, 0.25) is 0 Å². The lowest BCUT2D eigenvalue weighted by Crippen LogP contribution is -2.30. The molecule has 1 aliphatic rings. The first-order valence-electron chi connectivity index (χ1n) is 7.58. The number of nitrogens with zero attached hydrogens (tertiary/aromatic N) is 1.